The number of amides is 1. The van der Waals surface area contributed by atoms with Crippen LogP contribution in [0.2, 0.25) is 0 Å². The number of rotatable bonds is 2. The average Bonchev–Trinajstić information content (AvgIpc) is 2.76. The Bertz CT molecular complexity index is 518. The Morgan fingerprint density at radius 3 is 2.57 bits per heavy atom. The van der Waals surface area contributed by atoms with Crippen LogP contribution in [0.4, 0.5) is 4.79 Å². The maximum atomic E-state index is 12.4. The minimum Gasteiger partial charge on any atom is -0.499 e. The highest BCUT2D eigenvalue weighted by molar-refractivity contribution is 6.51. The summed E-state index contributed by atoms with van der Waals surface area (Å²) in [5.74, 6) is 0.398. The molecule has 2 rings (SSSR count). The minimum absolute atomic E-state index is 0.105. The first-order valence-electron chi connectivity index (χ1n) is 6.77. The molecule has 7 heteroatoms. The molecule has 0 bridgehead atoms. The lowest BCUT2D eigenvalue weighted by molar-refractivity contribution is 0.0239. The number of carbonyl (C=O) groups excluding carboxylic acids is 1. The van der Waals surface area contributed by atoms with E-state index in [1.165, 1.54) is 12.0 Å². The van der Waals surface area contributed by atoms with Crippen molar-refractivity contribution >= 4 is 13.2 Å². The van der Waals surface area contributed by atoms with Gasteiger partial charge in [0.25, 0.3) is 0 Å². The highest BCUT2D eigenvalue weighted by Gasteiger charge is 2.46. The zero-order valence-corrected chi connectivity index (χ0v) is 12.6. The monoisotopic (exact) mass is 293 g/mol. The fourth-order valence-corrected chi connectivity index (χ4v) is 2.49. The largest absolute Gasteiger partial charge is 0.505 e. The van der Waals surface area contributed by atoms with Crippen molar-refractivity contribution in [2.24, 2.45) is 5.92 Å². The van der Waals surface area contributed by atoms with E-state index in [-0.39, 0.29) is 11.5 Å². The molecule has 21 heavy (non-hydrogen) atoms. The van der Waals surface area contributed by atoms with E-state index in [0.717, 1.165) is 0 Å². The lowest BCUT2D eigenvalue weighted by Gasteiger charge is -2.33. The van der Waals surface area contributed by atoms with E-state index in [0.29, 0.717) is 5.76 Å². The Hall–Kier alpha value is -1.73. The second-order valence-electron chi connectivity index (χ2n) is 6.00. The number of fused-ring (bicyclic) bond motifs is 1. The van der Waals surface area contributed by atoms with Gasteiger partial charge in [-0.05, 0) is 26.8 Å². The number of ether oxygens (including phenoxy) is 2. The van der Waals surface area contributed by atoms with Crippen LogP contribution >= 0.6 is 0 Å². The Balaban J connectivity index is 2.35. The van der Waals surface area contributed by atoms with Gasteiger partial charge in [-0.25, -0.2) is 4.79 Å². The summed E-state index contributed by atoms with van der Waals surface area (Å²) in [5.41, 5.74) is -0.573. The first kappa shape index (κ1) is 15.7. The first-order chi connectivity index (χ1) is 9.74. The molecule has 1 amide bonds. The number of carbonyl (C=O) groups is 1. The van der Waals surface area contributed by atoms with E-state index in [4.69, 9.17) is 9.47 Å². The summed E-state index contributed by atoms with van der Waals surface area (Å²) >= 11 is 0. The first-order valence-corrected chi connectivity index (χ1v) is 6.77. The molecule has 114 valence electrons. The van der Waals surface area contributed by atoms with Gasteiger partial charge in [-0.2, -0.15) is 0 Å². The van der Waals surface area contributed by atoms with E-state index < -0.39 is 24.9 Å². The average molecular weight is 293 g/mol. The Kier molecular flexibility index (Phi) is 4.16. The lowest BCUT2D eigenvalue weighted by atomic mass is 9.85. The molecule has 0 fully saturated rings. The molecule has 2 atom stereocenters. The van der Waals surface area contributed by atoms with E-state index in [1.807, 2.05) is 12.2 Å². The van der Waals surface area contributed by atoms with Crippen LogP contribution in [0.3, 0.4) is 0 Å². The van der Waals surface area contributed by atoms with Gasteiger partial charge in [-0.15, -0.1) is 0 Å². The number of methoxy groups -OCH3 is 1. The van der Waals surface area contributed by atoms with Gasteiger partial charge in [0.05, 0.1) is 12.7 Å². The van der Waals surface area contributed by atoms with E-state index in [9.17, 15) is 14.8 Å². The molecule has 2 unspecified atom stereocenters. The molecule has 0 aromatic rings. The maximum absolute atomic E-state index is 12.4. The quantitative estimate of drug-likeness (QED) is 0.748. The smallest absolute Gasteiger partial charge is 0.499 e. The number of hydrogen-bond donors (Lipinski definition) is 2. The molecule has 1 aliphatic carbocycles. The number of allylic oxidation sites excluding steroid dienone is 2. The highest BCUT2D eigenvalue weighted by Crippen LogP contribution is 2.36. The van der Waals surface area contributed by atoms with Crippen molar-refractivity contribution in [3.8, 4) is 0 Å². The summed E-state index contributed by atoms with van der Waals surface area (Å²) in [7, 11) is -0.238. The van der Waals surface area contributed by atoms with E-state index >= 15 is 0 Å². The standard InChI is InChI=1S/C14H20BNO5/c1-14(2,3)21-13(17)16-11(15(18)19)8-9-6-5-7-10(20-4)12(9)16/h5-9,12,18-19H,1-4H3. The predicted octanol–water partition coefficient (Wildman–Crippen LogP) is 1.22. The van der Waals surface area contributed by atoms with Crippen molar-refractivity contribution in [1.82, 2.24) is 4.90 Å². The summed E-state index contributed by atoms with van der Waals surface area (Å²) in [6, 6.07) is -0.452. The van der Waals surface area contributed by atoms with Crippen LogP contribution in [0.25, 0.3) is 0 Å². The number of nitrogens with zero attached hydrogens (tertiary/aromatic N) is 1. The molecule has 0 saturated carbocycles. The van der Waals surface area contributed by atoms with Gasteiger partial charge < -0.3 is 19.5 Å². The Morgan fingerprint density at radius 2 is 2.05 bits per heavy atom. The summed E-state index contributed by atoms with van der Waals surface area (Å²) < 4.78 is 10.7. The van der Waals surface area contributed by atoms with Crippen LogP contribution in [-0.2, 0) is 9.47 Å². The van der Waals surface area contributed by atoms with Gasteiger partial charge in [0.2, 0.25) is 0 Å². The molecule has 0 radical (unpaired) electrons. The van der Waals surface area contributed by atoms with Crippen molar-refractivity contribution in [2.45, 2.75) is 32.4 Å². The van der Waals surface area contributed by atoms with Crippen molar-refractivity contribution in [2.75, 3.05) is 7.11 Å². The number of hydrogen-bond acceptors (Lipinski definition) is 5. The molecule has 0 saturated heterocycles. The maximum Gasteiger partial charge on any atom is 0.505 e. The summed E-state index contributed by atoms with van der Waals surface area (Å²) in [6.45, 7) is 5.27. The summed E-state index contributed by atoms with van der Waals surface area (Å²) in [4.78, 5) is 13.7. The van der Waals surface area contributed by atoms with Crippen LogP contribution in [0.1, 0.15) is 20.8 Å². The lowest BCUT2D eigenvalue weighted by Crippen LogP contribution is -2.46. The molecule has 2 N–H and O–H groups in total. The van der Waals surface area contributed by atoms with E-state index in [2.05, 4.69) is 0 Å². The molecule has 6 nitrogen and oxygen atoms in total. The van der Waals surface area contributed by atoms with Crippen molar-refractivity contribution in [3.05, 3.63) is 35.7 Å². The summed E-state index contributed by atoms with van der Waals surface area (Å²) in [5, 5.41) is 19.1. The second-order valence-corrected chi connectivity index (χ2v) is 6.00. The fraction of sp³-hybridized carbons (Fsp3) is 0.500. The molecule has 0 spiro atoms. The topological polar surface area (TPSA) is 79.2 Å². The zero-order chi connectivity index (χ0) is 15.8. The van der Waals surface area contributed by atoms with Crippen LogP contribution < -0.4 is 0 Å². The third-order valence-electron chi connectivity index (χ3n) is 3.26. The van der Waals surface area contributed by atoms with Gasteiger partial charge in [-0.3, -0.25) is 4.90 Å². The van der Waals surface area contributed by atoms with Gasteiger partial charge in [0, 0.05) is 5.92 Å². The van der Waals surface area contributed by atoms with Crippen LogP contribution in [0.15, 0.2) is 35.7 Å². The predicted molar refractivity (Wildman–Crippen MR) is 77.9 cm³/mol. The Labute approximate surface area is 124 Å². The van der Waals surface area contributed by atoms with Gasteiger partial charge in [-0.1, -0.05) is 18.2 Å². The van der Waals surface area contributed by atoms with Crippen molar-refractivity contribution < 1.29 is 24.3 Å². The zero-order valence-electron chi connectivity index (χ0n) is 12.6. The molecule has 1 heterocycles. The van der Waals surface area contributed by atoms with Gasteiger partial charge >= 0.3 is 13.2 Å². The van der Waals surface area contributed by atoms with Crippen molar-refractivity contribution in [3.63, 3.8) is 0 Å². The fourth-order valence-electron chi connectivity index (χ4n) is 2.49. The molecular formula is C14H20BNO5. The molecule has 2 aliphatic rings. The normalized spacial score (nSPS) is 24.2. The molecule has 1 aliphatic heterocycles. The Morgan fingerprint density at radius 1 is 1.38 bits per heavy atom. The van der Waals surface area contributed by atoms with Gasteiger partial charge in [0.1, 0.15) is 17.4 Å². The SMILES string of the molecule is COC1=CC=CC2C=C(B(O)O)N(C(=O)OC(C)(C)C)C12. The molecular weight excluding hydrogens is 273 g/mol. The van der Waals surface area contributed by atoms with Crippen molar-refractivity contribution in [1.29, 1.82) is 0 Å². The molecule has 0 aromatic heterocycles. The molecule has 0 aromatic carbocycles. The van der Waals surface area contributed by atoms with Crippen LogP contribution in [0, 0.1) is 5.92 Å². The second kappa shape index (κ2) is 5.58. The van der Waals surface area contributed by atoms with E-state index in [1.54, 1.807) is 32.9 Å². The van der Waals surface area contributed by atoms with Crippen LogP contribution in [0.5, 0.6) is 0 Å². The third kappa shape index (κ3) is 3.14. The van der Waals surface area contributed by atoms with Crippen LogP contribution in [-0.4, -0.2) is 46.9 Å². The summed E-state index contributed by atoms with van der Waals surface area (Å²) in [6.07, 6.45) is 6.45. The highest BCUT2D eigenvalue weighted by atomic mass is 16.6. The van der Waals surface area contributed by atoms with Gasteiger partial charge in [0.15, 0.2) is 0 Å². The minimum atomic E-state index is -1.75. The third-order valence-corrected chi connectivity index (χ3v) is 3.26.